The van der Waals surface area contributed by atoms with E-state index in [0.717, 1.165) is 9.80 Å². The van der Waals surface area contributed by atoms with Gasteiger partial charge in [0.15, 0.2) is 0 Å². The van der Waals surface area contributed by atoms with Crippen LogP contribution in [0.4, 0.5) is 0 Å². The molecular weight excluding hydrogens is 1090 g/mol. The first-order valence-corrected chi connectivity index (χ1v) is 30.6. The molecule has 0 saturated carbocycles. The summed E-state index contributed by atoms with van der Waals surface area (Å²) in [7, 11) is 9.92. The van der Waals surface area contributed by atoms with Gasteiger partial charge in [-0.05, 0) is 101 Å². The van der Waals surface area contributed by atoms with Crippen molar-refractivity contribution >= 4 is 65.0 Å². The quantitative estimate of drug-likeness (QED) is 0.148. The van der Waals surface area contributed by atoms with Gasteiger partial charge in [0.25, 0.3) is 0 Å². The Morgan fingerprint density at radius 3 is 1.32 bits per heavy atom. The fourth-order valence-corrected chi connectivity index (χ4v) is 10.7. The van der Waals surface area contributed by atoms with Gasteiger partial charge in [-0.15, -0.1) is 0 Å². The molecule has 0 radical (unpaired) electrons. The van der Waals surface area contributed by atoms with Crippen LogP contribution in [0.15, 0.2) is 12.2 Å². The van der Waals surface area contributed by atoms with E-state index in [2.05, 4.69) is 21.3 Å². The van der Waals surface area contributed by atoms with Crippen LogP contribution in [0.1, 0.15) is 156 Å². The van der Waals surface area contributed by atoms with Gasteiger partial charge < -0.3 is 60.7 Å². The molecule has 0 aromatic heterocycles. The zero-order valence-electron chi connectivity index (χ0n) is 56.1. The van der Waals surface area contributed by atoms with E-state index in [1.54, 1.807) is 54.5 Å². The lowest BCUT2D eigenvalue weighted by Crippen LogP contribution is -2.63. The van der Waals surface area contributed by atoms with Crippen molar-refractivity contribution in [3.05, 3.63) is 12.2 Å². The van der Waals surface area contributed by atoms with E-state index in [0.29, 0.717) is 6.42 Å². The Morgan fingerprint density at radius 2 is 0.871 bits per heavy atom. The molecule has 23 heteroatoms. The zero-order chi connectivity index (χ0) is 66.0. The second-order valence-electron chi connectivity index (χ2n) is 26.1. The van der Waals surface area contributed by atoms with Crippen LogP contribution in [0.5, 0.6) is 0 Å². The number of nitrogens with one attached hydrogen (secondary N) is 4. The number of amides is 11. The smallest absolute Gasteiger partial charge is 0.246 e. The van der Waals surface area contributed by atoms with Crippen LogP contribution >= 0.6 is 0 Å². The lowest BCUT2D eigenvalue weighted by Gasteiger charge is -2.41. The molecule has 0 aromatic carbocycles. The van der Waals surface area contributed by atoms with E-state index >= 15 is 9.59 Å². The summed E-state index contributed by atoms with van der Waals surface area (Å²) < 4.78 is 0. The number of carbonyl (C=O) groups excluding carboxylic acids is 11. The van der Waals surface area contributed by atoms with Gasteiger partial charge in [-0.1, -0.05) is 109 Å². The van der Waals surface area contributed by atoms with Gasteiger partial charge in [0.2, 0.25) is 65.0 Å². The van der Waals surface area contributed by atoms with Crippen molar-refractivity contribution in [1.29, 1.82) is 0 Å². The molecule has 486 valence electrons. The topological polar surface area (TPSA) is 279 Å². The number of likely N-dealkylation sites (N-methyl/N-ethyl adjacent to an activating group) is 7. The molecule has 0 bridgehead atoms. The molecule has 12 atom stereocenters. The molecule has 1 fully saturated rings. The van der Waals surface area contributed by atoms with E-state index in [4.69, 9.17) is 0 Å². The van der Waals surface area contributed by atoms with Crippen molar-refractivity contribution in [2.75, 3.05) is 55.9 Å². The number of aliphatic hydroxyl groups excluding tert-OH is 1. The number of allylic oxidation sites excluding steroid dienone is 2. The van der Waals surface area contributed by atoms with Crippen molar-refractivity contribution in [3.8, 4) is 0 Å². The predicted octanol–water partition coefficient (Wildman–Crippen LogP) is 3.27. The minimum Gasteiger partial charge on any atom is -0.390 e. The fourth-order valence-electron chi connectivity index (χ4n) is 10.7. The van der Waals surface area contributed by atoms with E-state index < -0.39 is 156 Å². The summed E-state index contributed by atoms with van der Waals surface area (Å²) in [5.74, 6) is -9.71. The molecule has 23 nitrogen and oxygen atoms in total. The minimum absolute atomic E-state index is 0.0229. The highest BCUT2D eigenvalue weighted by molar-refractivity contribution is 5.99. The first kappa shape index (κ1) is 76.9. The second kappa shape index (κ2) is 34.9. The third-order valence-electron chi connectivity index (χ3n) is 16.1. The average Bonchev–Trinajstić information content (AvgIpc) is 3.62. The number of hydrogen-bond donors (Lipinski definition) is 5. The number of nitrogens with zero attached hydrogens (tertiary/aromatic N) is 7. The minimum atomic E-state index is -1.61. The molecule has 1 rings (SSSR count). The molecule has 3 unspecified atom stereocenters. The highest BCUT2D eigenvalue weighted by Gasteiger charge is 2.45. The largest absolute Gasteiger partial charge is 0.390 e. The Labute approximate surface area is 508 Å². The third-order valence-corrected chi connectivity index (χ3v) is 16.1. The van der Waals surface area contributed by atoms with E-state index in [9.17, 15) is 48.3 Å². The first-order chi connectivity index (χ1) is 39.2. The van der Waals surface area contributed by atoms with Gasteiger partial charge in [-0.2, -0.15) is 0 Å². The monoisotopic (exact) mass is 1200 g/mol. The molecule has 0 spiro atoms. The maximum Gasteiger partial charge on any atom is 0.246 e. The molecule has 1 aliphatic heterocycles. The van der Waals surface area contributed by atoms with Crippen LogP contribution in [-0.2, 0) is 52.7 Å². The number of hydrogen-bond acceptors (Lipinski definition) is 12. The molecule has 1 saturated heterocycles. The molecule has 1 aliphatic rings. The maximum atomic E-state index is 15.1. The van der Waals surface area contributed by atoms with Crippen LogP contribution in [0.2, 0.25) is 0 Å². The summed E-state index contributed by atoms with van der Waals surface area (Å²) in [6, 6.07) is -12.3. The van der Waals surface area contributed by atoms with Crippen LogP contribution in [0.25, 0.3) is 0 Å². The second-order valence-corrected chi connectivity index (χ2v) is 26.1. The van der Waals surface area contributed by atoms with Gasteiger partial charge in [0.05, 0.1) is 12.6 Å². The molecule has 0 aliphatic carbocycles. The highest BCUT2D eigenvalue weighted by atomic mass is 16.3. The van der Waals surface area contributed by atoms with Crippen molar-refractivity contribution in [1.82, 2.24) is 55.6 Å². The Morgan fingerprint density at radius 1 is 0.459 bits per heavy atom. The Kier molecular flexibility index (Phi) is 31.5. The van der Waals surface area contributed by atoms with E-state index in [-0.39, 0.29) is 55.8 Å². The van der Waals surface area contributed by atoms with Gasteiger partial charge in [-0.3, -0.25) is 52.7 Å². The van der Waals surface area contributed by atoms with Crippen LogP contribution in [-0.4, -0.2) is 227 Å². The number of carbonyl (C=O) groups is 11. The van der Waals surface area contributed by atoms with Crippen LogP contribution < -0.4 is 21.3 Å². The SMILES string of the molecule is C/C=C/C[C@@H](C)[C@@H](O)C1C(=O)N[C@@H](CC)C(=O)N(C)CC(=O)N(C)C(CC(C)C)C(=O)N[C@@H](C(C)C)C(=O)N(C)[C@@H](CC(C)C)C(=O)N[C@@H](C)C(=O)N[C@H](C)C(=O)N(C)[C@@H](CC(C)C)C(=O)N(C)C(CC(C)C)C(=O)N(C)[C@@H](C(C)C)C(=O)N1C. The molecule has 11 amide bonds. The van der Waals surface area contributed by atoms with Gasteiger partial charge in [0.1, 0.15) is 60.4 Å². The summed E-state index contributed by atoms with van der Waals surface area (Å²) in [5.41, 5.74) is 0. The molecule has 85 heavy (non-hydrogen) atoms. The number of rotatable bonds is 15. The third kappa shape index (κ3) is 21.7. The Bertz CT molecular complexity index is 2330. The van der Waals surface area contributed by atoms with Gasteiger partial charge in [0, 0.05) is 49.3 Å². The summed E-state index contributed by atoms with van der Waals surface area (Å²) in [6.45, 7) is 29.3. The maximum absolute atomic E-state index is 15.1. The van der Waals surface area contributed by atoms with Crippen LogP contribution in [0.3, 0.4) is 0 Å². The fraction of sp³-hybridized carbons (Fsp3) is 0.790. The normalized spacial score (nSPS) is 26.9. The van der Waals surface area contributed by atoms with E-state index in [1.807, 2.05) is 61.5 Å². The predicted molar refractivity (Wildman–Crippen MR) is 328 cm³/mol. The Hall–Kier alpha value is -6.13. The zero-order valence-corrected chi connectivity index (χ0v) is 56.1. The first-order valence-electron chi connectivity index (χ1n) is 30.6. The standard InChI is InChI=1S/C62H111N11O12/c1-25-27-28-40(15)52(75)51-56(79)65-43(26-2)58(81)67(18)33-48(74)68(19)44(29-34(3)4)55(78)66-49(38(11)12)61(84)69(20)45(30-35(5)6)54(77)63-41(16)53(76)64-42(17)57(80)70(21)46(31-36(7)8)59(82)71(22)47(32-37(9)10)60(83)72(23)50(39(13)14)62(85)73(51)24/h25,27,34-47,49-52,75H,26,28-33H2,1-24H3,(H,63,77)(H,64,76)(H,65,79)(H,66,78)/b27-25+/t40-,41+,42-,43+,44?,45+,46+,47?,49+,50+,51?,52-/m1/s1. The Balaban J connectivity index is 4.32. The van der Waals surface area contributed by atoms with Crippen molar-refractivity contribution in [3.63, 3.8) is 0 Å². The average molecular weight is 1200 g/mol. The van der Waals surface area contributed by atoms with Gasteiger partial charge in [-0.25, -0.2) is 0 Å². The molecular formula is C62H111N11O12. The van der Waals surface area contributed by atoms with Crippen molar-refractivity contribution < 1.29 is 57.8 Å². The summed E-state index contributed by atoms with van der Waals surface area (Å²) in [5, 5.41) is 23.1. The van der Waals surface area contributed by atoms with E-state index in [1.165, 1.54) is 87.7 Å². The van der Waals surface area contributed by atoms with Crippen LogP contribution in [0, 0.1) is 41.4 Å². The molecule has 0 aromatic rings. The molecule has 5 N–H and O–H groups in total. The summed E-state index contributed by atoms with van der Waals surface area (Å²) in [4.78, 5) is 169. The summed E-state index contributed by atoms with van der Waals surface area (Å²) >= 11 is 0. The highest BCUT2D eigenvalue weighted by Crippen LogP contribution is 2.26. The van der Waals surface area contributed by atoms with Crippen molar-refractivity contribution in [2.24, 2.45) is 41.4 Å². The number of aliphatic hydroxyl groups is 1. The summed E-state index contributed by atoms with van der Waals surface area (Å²) in [6.07, 6.45) is 3.04. The lowest BCUT2D eigenvalue weighted by molar-refractivity contribution is -0.157. The van der Waals surface area contributed by atoms with Gasteiger partial charge >= 0.3 is 0 Å². The molecule has 1 heterocycles. The lowest BCUT2D eigenvalue weighted by atomic mass is 9.91. The van der Waals surface area contributed by atoms with Crippen molar-refractivity contribution in [2.45, 2.75) is 223 Å².